The molecule has 1 heterocycles. The number of benzene rings is 1. The van der Waals surface area contributed by atoms with Gasteiger partial charge in [-0.3, -0.25) is 10.1 Å². The Balaban J connectivity index is 2.25. The third-order valence-electron chi connectivity index (χ3n) is 3.39. The van der Waals surface area contributed by atoms with Gasteiger partial charge in [-0.15, -0.1) is 6.58 Å². The molecule has 26 heavy (non-hydrogen) atoms. The smallest absolute Gasteiger partial charge is 0.417 e. The summed E-state index contributed by atoms with van der Waals surface area (Å²) in [5, 5.41) is 10.7. The van der Waals surface area contributed by atoms with E-state index in [1.54, 1.807) is 51.1 Å². The first-order valence-corrected chi connectivity index (χ1v) is 8.17. The van der Waals surface area contributed by atoms with Crippen molar-refractivity contribution in [2.75, 3.05) is 11.4 Å². The predicted octanol–water partition coefficient (Wildman–Crippen LogP) is 5.17. The summed E-state index contributed by atoms with van der Waals surface area (Å²) in [6.45, 7) is 9.42. The van der Waals surface area contributed by atoms with Crippen LogP contribution in [0.3, 0.4) is 0 Å². The minimum atomic E-state index is -0.628. The number of non-ortho nitro benzene ring substituents is 1. The molecule has 138 valence electrons. The van der Waals surface area contributed by atoms with Gasteiger partial charge in [0.15, 0.2) is 0 Å². The molecule has 0 atom stereocenters. The average molecular weight is 358 g/mol. The van der Waals surface area contributed by atoms with Crippen molar-refractivity contribution in [3.05, 3.63) is 59.2 Å². The van der Waals surface area contributed by atoms with Gasteiger partial charge in [-0.25, -0.2) is 9.69 Å². The molecule has 2 rings (SSSR count). The molecule has 0 N–H and O–H groups in total. The fourth-order valence-electron chi connectivity index (χ4n) is 2.20. The highest BCUT2D eigenvalue weighted by Gasteiger charge is 2.25. The van der Waals surface area contributed by atoms with E-state index in [0.717, 1.165) is 0 Å². The molecule has 0 spiro atoms. The number of carbonyl (C=O) groups excluding carboxylic acids is 1. The number of nitrogens with zero attached hydrogens (tertiary/aromatic N) is 2. The summed E-state index contributed by atoms with van der Waals surface area (Å²) >= 11 is 0. The Hall–Kier alpha value is -3.09. The number of nitro benzene ring substituents is 1. The van der Waals surface area contributed by atoms with Gasteiger partial charge >= 0.3 is 6.09 Å². The van der Waals surface area contributed by atoms with Crippen molar-refractivity contribution >= 4 is 17.7 Å². The predicted molar refractivity (Wildman–Crippen MR) is 99.2 cm³/mol. The number of furan rings is 1. The largest absolute Gasteiger partial charge is 0.443 e. The minimum Gasteiger partial charge on any atom is -0.443 e. The van der Waals surface area contributed by atoms with Gasteiger partial charge in [-0.2, -0.15) is 0 Å². The van der Waals surface area contributed by atoms with E-state index in [2.05, 4.69) is 6.58 Å². The van der Waals surface area contributed by atoms with Gasteiger partial charge in [-0.1, -0.05) is 6.08 Å². The van der Waals surface area contributed by atoms with Crippen LogP contribution in [0.4, 0.5) is 16.4 Å². The molecular weight excluding hydrogens is 336 g/mol. The number of anilines is 1. The molecule has 0 bridgehead atoms. The quantitative estimate of drug-likeness (QED) is 0.404. The molecule has 2 aromatic rings. The first-order chi connectivity index (χ1) is 12.2. The normalized spacial score (nSPS) is 11.0. The van der Waals surface area contributed by atoms with Gasteiger partial charge in [0, 0.05) is 30.3 Å². The minimum absolute atomic E-state index is 0.00175. The Morgan fingerprint density at radius 2 is 1.92 bits per heavy atom. The molecule has 0 aliphatic heterocycles. The van der Waals surface area contributed by atoms with Crippen molar-refractivity contribution in [1.82, 2.24) is 0 Å². The Labute approximate surface area is 152 Å². The van der Waals surface area contributed by atoms with E-state index in [1.807, 2.05) is 0 Å². The van der Waals surface area contributed by atoms with E-state index >= 15 is 0 Å². The second-order valence-corrected chi connectivity index (χ2v) is 6.65. The van der Waals surface area contributed by atoms with Crippen LogP contribution in [0.1, 0.15) is 27.2 Å². The fourth-order valence-corrected chi connectivity index (χ4v) is 2.20. The number of hydrogen-bond donors (Lipinski definition) is 0. The second-order valence-electron chi connectivity index (χ2n) is 6.65. The molecule has 0 fully saturated rings. The van der Waals surface area contributed by atoms with Crippen LogP contribution < -0.4 is 4.90 Å². The third kappa shape index (κ3) is 4.95. The Kier molecular flexibility index (Phi) is 5.82. The van der Waals surface area contributed by atoms with Crippen LogP contribution in [0, 0.1) is 10.1 Å². The zero-order chi connectivity index (χ0) is 19.3. The molecule has 0 saturated carbocycles. The topological polar surface area (TPSA) is 85.8 Å². The molecular formula is C19H22N2O5. The number of rotatable bonds is 6. The highest BCUT2D eigenvalue weighted by Crippen LogP contribution is 2.29. The third-order valence-corrected chi connectivity index (χ3v) is 3.39. The van der Waals surface area contributed by atoms with Crippen LogP contribution in [0.2, 0.25) is 0 Å². The van der Waals surface area contributed by atoms with E-state index in [-0.39, 0.29) is 5.69 Å². The summed E-state index contributed by atoms with van der Waals surface area (Å²) in [6, 6.07) is 9.39. The molecule has 0 aliphatic carbocycles. The number of hydrogen-bond acceptors (Lipinski definition) is 5. The van der Waals surface area contributed by atoms with Gasteiger partial charge in [0.05, 0.1) is 4.92 Å². The van der Waals surface area contributed by atoms with Crippen molar-refractivity contribution in [3.8, 4) is 11.3 Å². The summed E-state index contributed by atoms with van der Waals surface area (Å²) in [5.41, 5.74) is 0.0497. The van der Waals surface area contributed by atoms with Gasteiger partial charge < -0.3 is 9.15 Å². The average Bonchev–Trinajstić information content (AvgIpc) is 3.03. The Bertz CT molecular complexity index is 787. The molecule has 0 saturated heterocycles. The van der Waals surface area contributed by atoms with Gasteiger partial charge in [-0.05, 0) is 45.4 Å². The van der Waals surface area contributed by atoms with E-state index < -0.39 is 16.6 Å². The lowest BCUT2D eigenvalue weighted by molar-refractivity contribution is -0.384. The lowest BCUT2D eigenvalue weighted by atomic mass is 10.1. The molecule has 1 aromatic heterocycles. The molecule has 1 aromatic carbocycles. The maximum atomic E-state index is 12.5. The molecule has 0 aliphatic rings. The van der Waals surface area contributed by atoms with Crippen LogP contribution in [0.25, 0.3) is 11.3 Å². The van der Waals surface area contributed by atoms with Crippen molar-refractivity contribution in [2.24, 2.45) is 0 Å². The molecule has 7 heteroatoms. The Morgan fingerprint density at radius 3 is 2.46 bits per heavy atom. The maximum Gasteiger partial charge on any atom is 0.417 e. The van der Waals surface area contributed by atoms with Crippen LogP contribution in [0.15, 0.2) is 53.5 Å². The van der Waals surface area contributed by atoms with Crippen molar-refractivity contribution < 1.29 is 18.9 Å². The summed E-state index contributed by atoms with van der Waals surface area (Å²) in [6.07, 6.45) is 1.77. The standard InChI is InChI=1S/C19H22N2O5/c1-5-6-13-20(18(22)26-19(2,3)4)17-12-11-16(25-17)14-7-9-15(10-8-14)21(23)24/h5,7-12H,1,6,13H2,2-4H3. The lowest BCUT2D eigenvalue weighted by Crippen LogP contribution is -2.37. The van der Waals surface area contributed by atoms with Crippen molar-refractivity contribution in [3.63, 3.8) is 0 Å². The number of ether oxygens (including phenoxy) is 1. The van der Waals surface area contributed by atoms with E-state index in [0.29, 0.717) is 30.2 Å². The summed E-state index contributed by atoms with van der Waals surface area (Å²) < 4.78 is 11.2. The number of nitro groups is 1. The second kappa shape index (κ2) is 7.86. The first kappa shape index (κ1) is 19.2. The monoisotopic (exact) mass is 358 g/mol. The lowest BCUT2D eigenvalue weighted by Gasteiger charge is -2.25. The zero-order valence-electron chi connectivity index (χ0n) is 15.1. The summed E-state index contributed by atoms with van der Waals surface area (Å²) in [5.74, 6) is 0.844. The summed E-state index contributed by atoms with van der Waals surface area (Å²) in [7, 11) is 0. The van der Waals surface area contributed by atoms with Gasteiger partial charge in [0.25, 0.3) is 5.69 Å². The van der Waals surface area contributed by atoms with E-state index in [1.165, 1.54) is 17.0 Å². The molecule has 7 nitrogen and oxygen atoms in total. The molecule has 0 unspecified atom stereocenters. The summed E-state index contributed by atoms with van der Waals surface area (Å²) in [4.78, 5) is 24.2. The van der Waals surface area contributed by atoms with E-state index in [9.17, 15) is 14.9 Å². The van der Waals surface area contributed by atoms with Crippen LogP contribution in [-0.4, -0.2) is 23.2 Å². The SMILES string of the molecule is C=CCCN(C(=O)OC(C)(C)C)c1ccc(-c2ccc([N+](=O)[O-])cc2)o1. The van der Waals surface area contributed by atoms with Crippen LogP contribution in [-0.2, 0) is 4.74 Å². The highest BCUT2D eigenvalue weighted by molar-refractivity contribution is 5.86. The van der Waals surface area contributed by atoms with Gasteiger partial charge in [0.1, 0.15) is 11.4 Å². The molecule has 0 radical (unpaired) electrons. The van der Waals surface area contributed by atoms with Crippen molar-refractivity contribution in [1.29, 1.82) is 0 Å². The van der Waals surface area contributed by atoms with Crippen molar-refractivity contribution in [2.45, 2.75) is 32.8 Å². The maximum absolute atomic E-state index is 12.5. The molecule has 1 amide bonds. The Morgan fingerprint density at radius 1 is 1.27 bits per heavy atom. The van der Waals surface area contributed by atoms with E-state index in [4.69, 9.17) is 9.15 Å². The first-order valence-electron chi connectivity index (χ1n) is 8.17. The number of carbonyl (C=O) groups is 1. The number of amides is 1. The fraction of sp³-hybridized carbons (Fsp3) is 0.316. The van der Waals surface area contributed by atoms with Gasteiger partial charge in [0.2, 0.25) is 5.88 Å². The van der Waals surface area contributed by atoms with Crippen LogP contribution in [0.5, 0.6) is 0 Å². The highest BCUT2D eigenvalue weighted by atomic mass is 16.6. The van der Waals surface area contributed by atoms with Crippen LogP contribution >= 0.6 is 0 Å². The zero-order valence-corrected chi connectivity index (χ0v) is 15.1.